The van der Waals surface area contributed by atoms with Gasteiger partial charge in [0.1, 0.15) is 0 Å². The van der Waals surface area contributed by atoms with Gasteiger partial charge in [0.05, 0.1) is 5.69 Å². The number of carbonyl (C=O) groups excluding carboxylic acids is 1. The average molecular weight is 284 g/mol. The van der Waals surface area contributed by atoms with Crippen LogP contribution >= 0.6 is 11.3 Å². The van der Waals surface area contributed by atoms with Crippen molar-refractivity contribution in [3.05, 3.63) is 51.5 Å². The van der Waals surface area contributed by atoms with E-state index in [0.717, 1.165) is 23.2 Å². The van der Waals surface area contributed by atoms with Crippen LogP contribution in [-0.2, 0) is 6.42 Å². The Kier molecular flexibility index (Phi) is 3.18. The van der Waals surface area contributed by atoms with Crippen molar-refractivity contribution in [1.82, 2.24) is 4.98 Å². The van der Waals surface area contributed by atoms with Gasteiger partial charge in [0, 0.05) is 22.2 Å². The van der Waals surface area contributed by atoms with Gasteiger partial charge in [-0.05, 0) is 24.0 Å². The normalized spacial score (nSPS) is 13.4. The van der Waals surface area contributed by atoms with Gasteiger partial charge in [0.15, 0.2) is 5.01 Å². The Labute approximate surface area is 122 Å². The summed E-state index contributed by atoms with van der Waals surface area (Å²) in [5.74, 6) is 0.321. The number of carbonyl (C=O) groups is 1. The number of ketones is 1. The molecule has 102 valence electrons. The first-order valence-electron chi connectivity index (χ1n) is 6.66. The van der Waals surface area contributed by atoms with Gasteiger partial charge in [-0.2, -0.15) is 0 Å². The highest BCUT2D eigenvalue weighted by Crippen LogP contribution is 2.35. The number of hydrogen-bond acceptors (Lipinski definition) is 4. The van der Waals surface area contributed by atoms with Crippen molar-refractivity contribution in [3.8, 4) is 0 Å². The number of nitrogens with two attached hydrogens (primary N) is 1. The average Bonchev–Trinajstić information content (AvgIpc) is 3.05. The van der Waals surface area contributed by atoms with Gasteiger partial charge in [-0.1, -0.05) is 32.1 Å². The molecule has 0 unspecified atom stereocenters. The summed E-state index contributed by atoms with van der Waals surface area (Å²) in [5.41, 5.74) is 10.4. The van der Waals surface area contributed by atoms with E-state index in [4.69, 9.17) is 5.73 Å². The number of anilines is 1. The summed E-state index contributed by atoms with van der Waals surface area (Å²) >= 11 is 1.41. The molecule has 0 fully saturated rings. The maximum absolute atomic E-state index is 12.6. The first-order chi connectivity index (χ1) is 9.58. The van der Waals surface area contributed by atoms with E-state index in [1.54, 1.807) is 0 Å². The molecule has 1 aliphatic carbocycles. The molecule has 1 heterocycles. The molecule has 2 N–H and O–H groups in total. The number of allylic oxidation sites excluding steroid dienone is 2. The Morgan fingerprint density at radius 1 is 1.40 bits per heavy atom. The number of benzene rings is 1. The molecule has 1 aromatic carbocycles. The van der Waals surface area contributed by atoms with Gasteiger partial charge in [0.2, 0.25) is 5.78 Å². The SMILES string of the molecule is CC(C)c1csc(C(=O)C2=CCc3cccc(N)c32)n1. The van der Waals surface area contributed by atoms with Crippen molar-refractivity contribution in [2.75, 3.05) is 5.73 Å². The third-order valence-corrected chi connectivity index (χ3v) is 4.39. The Morgan fingerprint density at radius 2 is 2.20 bits per heavy atom. The highest BCUT2D eigenvalue weighted by atomic mass is 32.1. The van der Waals surface area contributed by atoms with Crippen molar-refractivity contribution in [2.45, 2.75) is 26.2 Å². The van der Waals surface area contributed by atoms with Crippen LogP contribution in [0.15, 0.2) is 29.7 Å². The van der Waals surface area contributed by atoms with Crippen molar-refractivity contribution in [2.24, 2.45) is 0 Å². The minimum atomic E-state index is -0.0152. The summed E-state index contributed by atoms with van der Waals surface area (Å²) in [7, 11) is 0. The van der Waals surface area contributed by atoms with Crippen LogP contribution in [-0.4, -0.2) is 10.8 Å². The van der Waals surface area contributed by atoms with Gasteiger partial charge >= 0.3 is 0 Å². The molecule has 1 aromatic heterocycles. The summed E-state index contributed by atoms with van der Waals surface area (Å²) in [4.78, 5) is 17.1. The van der Waals surface area contributed by atoms with Crippen molar-refractivity contribution in [1.29, 1.82) is 0 Å². The molecule has 0 aliphatic heterocycles. The van der Waals surface area contributed by atoms with E-state index in [1.807, 2.05) is 29.7 Å². The number of hydrogen-bond donors (Lipinski definition) is 1. The Balaban J connectivity index is 1.97. The summed E-state index contributed by atoms with van der Waals surface area (Å²) in [6.07, 6.45) is 2.73. The zero-order valence-electron chi connectivity index (χ0n) is 11.5. The van der Waals surface area contributed by atoms with Crippen LogP contribution in [0.2, 0.25) is 0 Å². The molecular formula is C16H16N2OS. The van der Waals surface area contributed by atoms with E-state index in [-0.39, 0.29) is 5.78 Å². The third-order valence-electron chi connectivity index (χ3n) is 3.53. The molecule has 0 atom stereocenters. The molecule has 4 heteroatoms. The van der Waals surface area contributed by atoms with Crippen molar-refractivity contribution < 1.29 is 4.79 Å². The summed E-state index contributed by atoms with van der Waals surface area (Å²) < 4.78 is 0. The van der Waals surface area contributed by atoms with Gasteiger partial charge in [0.25, 0.3) is 0 Å². The fourth-order valence-corrected chi connectivity index (χ4v) is 3.34. The molecular weight excluding hydrogens is 268 g/mol. The van der Waals surface area contributed by atoms with Crippen LogP contribution in [0, 0.1) is 0 Å². The highest BCUT2D eigenvalue weighted by molar-refractivity contribution is 7.12. The second-order valence-corrected chi connectivity index (χ2v) is 6.12. The van der Waals surface area contributed by atoms with Gasteiger partial charge in [-0.3, -0.25) is 4.79 Å². The molecule has 3 rings (SSSR count). The maximum Gasteiger partial charge on any atom is 0.221 e. The second kappa shape index (κ2) is 4.87. The number of fused-ring (bicyclic) bond motifs is 1. The first kappa shape index (κ1) is 13.1. The lowest BCUT2D eigenvalue weighted by Gasteiger charge is -2.07. The Morgan fingerprint density at radius 3 is 2.90 bits per heavy atom. The third kappa shape index (κ3) is 2.06. The molecule has 0 amide bonds. The lowest BCUT2D eigenvalue weighted by molar-refractivity contribution is 0.105. The van der Waals surface area contributed by atoms with E-state index in [2.05, 4.69) is 18.8 Å². The molecule has 0 saturated heterocycles. The van der Waals surface area contributed by atoms with E-state index in [0.29, 0.717) is 22.2 Å². The number of nitrogens with zero attached hydrogens (tertiary/aromatic N) is 1. The van der Waals surface area contributed by atoms with Gasteiger partial charge in [-0.15, -0.1) is 11.3 Å². The summed E-state index contributed by atoms with van der Waals surface area (Å²) in [6, 6.07) is 5.78. The quantitative estimate of drug-likeness (QED) is 0.691. The van der Waals surface area contributed by atoms with Crippen LogP contribution in [0.4, 0.5) is 5.69 Å². The van der Waals surface area contributed by atoms with Crippen molar-refractivity contribution >= 4 is 28.4 Å². The van der Waals surface area contributed by atoms with Crippen LogP contribution in [0.25, 0.3) is 5.57 Å². The zero-order chi connectivity index (χ0) is 14.3. The molecule has 0 spiro atoms. The van der Waals surface area contributed by atoms with Crippen LogP contribution in [0.5, 0.6) is 0 Å². The van der Waals surface area contributed by atoms with Crippen molar-refractivity contribution in [3.63, 3.8) is 0 Å². The fraction of sp³-hybridized carbons (Fsp3) is 0.250. The van der Waals surface area contributed by atoms with Crippen LogP contribution in [0.1, 0.15) is 46.4 Å². The number of thiazole rings is 1. The predicted molar refractivity (Wildman–Crippen MR) is 83.1 cm³/mol. The molecule has 3 nitrogen and oxygen atoms in total. The predicted octanol–water partition coefficient (Wildman–Crippen LogP) is 3.67. The number of nitrogen functional groups attached to an aromatic ring is 1. The second-order valence-electron chi connectivity index (χ2n) is 5.26. The standard InChI is InChI=1S/C16H16N2OS/c1-9(2)13-8-20-16(18-13)15(19)11-7-6-10-4-3-5-12(17)14(10)11/h3-5,7-9H,6,17H2,1-2H3. The minimum Gasteiger partial charge on any atom is -0.398 e. The highest BCUT2D eigenvalue weighted by Gasteiger charge is 2.25. The van der Waals surface area contributed by atoms with E-state index in [9.17, 15) is 4.79 Å². The molecule has 0 saturated carbocycles. The molecule has 2 aromatic rings. The number of aromatic nitrogens is 1. The van der Waals surface area contributed by atoms with E-state index in [1.165, 1.54) is 11.3 Å². The van der Waals surface area contributed by atoms with Crippen LogP contribution in [0.3, 0.4) is 0 Å². The largest absolute Gasteiger partial charge is 0.398 e. The zero-order valence-corrected chi connectivity index (χ0v) is 12.3. The summed E-state index contributed by atoms with van der Waals surface area (Å²) in [6.45, 7) is 4.15. The molecule has 0 bridgehead atoms. The van der Waals surface area contributed by atoms with E-state index >= 15 is 0 Å². The Bertz CT molecular complexity index is 713. The Hall–Kier alpha value is -1.94. The smallest absolute Gasteiger partial charge is 0.221 e. The minimum absolute atomic E-state index is 0.0152. The lowest BCUT2D eigenvalue weighted by atomic mass is 10.0. The number of rotatable bonds is 3. The topological polar surface area (TPSA) is 56.0 Å². The van der Waals surface area contributed by atoms with Crippen LogP contribution < -0.4 is 5.73 Å². The van der Waals surface area contributed by atoms with Gasteiger partial charge in [-0.25, -0.2) is 4.98 Å². The molecule has 1 aliphatic rings. The molecule has 20 heavy (non-hydrogen) atoms. The first-order valence-corrected chi connectivity index (χ1v) is 7.54. The van der Waals surface area contributed by atoms with E-state index < -0.39 is 0 Å². The summed E-state index contributed by atoms with van der Waals surface area (Å²) in [5, 5.41) is 2.51. The van der Waals surface area contributed by atoms with Gasteiger partial charge < -0.3 is 5.73 Å². The number of Topliss-reactive ketones (excluding diaryl/α,β-unsaturated/α-hetero) is 1. The molecule has 0 radical (unpaired) electrons. The lowest BCUT2D eigenvalue weighted by Crippen LogP contribution is -2.04. The fourth-order valence-electron chi connectivity index (χ4n) is 2.41. The monoisotopic (exact) mass is 284 g/mol. The maximum atomic E-state index is 12.6.